The summed E-state index contributed by atoms with van der Waals surface area (Å²) in [7, 11) is 1.77. The maximum absolute atomic E-state index is 11.3. The van der Waals surface area contributed by atoms with Gasteiger partial charge in [-0.15, -0.1) is 0 Å². The first-order valence-corrected chi connectivity index (χ1v) is 7.62. The van der Waals surface area contributed by atoms with Crippen molar-refractivity contribution in [3.05, 3.63) is 0 Å². The fourth-order valence-corrected chi connectivity index (χ4v) is 3.62. The van der Waals surface area contributed by atoms with E-state index in [4.69, 9.17) is 4.74 Å². The minimum absolute atomic E-state index is 0.199. The average molecular weight is 284 g/mol. The molecule has 1 heterocycles. The van der Waals surface area contributed by atoms with Crippen molar-refractivity contribution in [2.24, 2.45) is 10.8 Å². The number of nitrogens with zero attached hydrogens (tertiary/aromatic N) is 2. The van der Waals surface area contributed by atoms with Crippen molar-refractivity contribution in [1.29, 1.82) is 0 Å². The maximum atomic E-state index is 11.3. The SMILES string of the molecule is COCC(C)(C)CC(C)(C)CN1CCN(C(C)=O)CC1. The predicted molar refractivity (Wildman–Crippen MR) is 82.7 cm³/mol. The van der Waals surface area contributed by atoms with Crippen LogP contribution in [0.25, 0.3) is 0 Å². The van der Waals surface area contributed by atoms with Crippen molar-refractivity contribution in [2.45, 2.75) is 41.0 Å². The van der Waals surface area contributed by atoms with Crippen molar-refractivity contribution in [3.63, 3.8) is 0 Å². The molecular weight excluding hydrogens is 252 g/mol. The second-order valence-corrected chi connectivity index (χ2v) is 7.72. The third-order valence-electron chi connectivity index (χ3n) is 3.96. The second kappa shape index (κ2) is 6.90. The Bertz CT molecular complexity index is 318. The number of amides is 1. The molecule has 4 heteroatoms. The molecule has 118 valence electrons. The van der Waals surface area contributed by atoms with Gasteiger partial charge in [-0.3, -0.25) is 9.69 Å². The number of hydrogen-bond acceptors (Lipinski definition) is 3. The molecular formula is C16H32N2O2. The molecule has 1 fully saturated rings. The first-order chi connectivity index (χ1) is 9.15. The highest BCUT2D eigenvalue weighted by atomic mass is 16.5. The Kier molecular flexibility index (Phi) is 6.02. The lowest BCUT2D eigenvalue weighted by Gasteiger charge is -2.41. The van der Waals surface area contributed by atoms with Gasteiger partial charge in [0.1, 0.15) is 0 Å². The van der Waals surface area contributed by atoms with Crippen LogP contribution in [0.2, 0.25) is 0 Å². The molecule has 1 saturated heterocycles. The van der Waals surface area contributed by atoms with Crippen LogP contribution in [0.5, 0.6) is 0 Å². The van der Waals surface area contributed by atoms with Crippen LogP contribution < -0.4 is 0 Å². The Morgan fingerprint density at radius 2 is 1.60 bits per heavy atom. The highest BCUT2D eigenvalue weighted by molar-refractivity contribution is 5.73. The van der Waals surface area contributed by atoms with E-state index in [0.29, 0.717) is 0 Å². The minimum atomic E-state index is 0.199. The molecule has 0 aromatic heterocycles. The molecule has 0 radical (unpaired) electrons. The van der Waals surface area contributed by atoms with E-state index in [9.17, 15) is 4.79 Å². The summed E-state index contributed by atoms with van der Waals surface area (Å²) in [6, 6.07) is 0. The summed E-state index contributed by atoms with van der Waals surface area (Å²) >= 11 is 0. The van der Waals surface area contributed by atoms with Crippen LogP contribution in [0, 0.1) is 10.8 Å². The lowest BCUT2D eigenvalue weighted by atomic mass is 9.75. The van der Waals surface area contributed by atoms with Crippen LogP contribution in [0.1, 0.15) is 41.0 Å². The Morgan fingerprint density at radius 3 is 2.05 bits per heavy atom. The molecule has 1 amide bonds. The van der Waals surface area contributed by atoms with Gasteiger partial charge in [0.15, 0.2) is 0 Å². The van der Waals surface area contributed by atoms with Crippen molar-refractivity contribution in [3.8, 4) is 0 Å². The summed E-state index contributed by atoms with van der Waals surface area (Å²) in [4.78, 5) is 15.8. The van der Waals surface area contributed by atoms with Crippen molar-refractivity contribution in [2.75, 3.05) is 46.4 Å². The third-order valence-corrected chi connectivity index (χ3v) is 3.96. The number of carbonyl (C=O) groups excluding carboxylic acids is 1. The van der Waals surface area contributed by atoms with Gasteiger partial charge in [0, 0.05) is 46.8 Å². The Labute approximate surface area is 124 Å². The number of rotatable bonds is 6. The summed E-state index contributed by atoms with van der Waals surface area (Å²) in [6.07, 6.45) is 1.14. The van der Waals surface area contributed by atoms with Crippen molar-refractivity contribution < 1.29 is 9.53 Å². The van der Waals surface area contributed by atoms with Gasteiger partial charge in [-0.2, -0.15) is 0 Å². The van der Waals surface area contributed by atoms with E-state index < -0.39 is 0 Å². The van der Waals surface area contributed by atoms with Crippen LogP contribution in [-0.2, 0) is 9.53 Å². The molecule has 0 N–H and O–H groups in total. The van der Waals surface area contributed by atoms with E-state index >= 15 is 0 Å². The van der Waals surface area contributed by atoms with Gasteiger partial charge in [0.25, 0.3) is 0 Å². The molecule has 0 saturated carbocycles. The first kappa shape index (κ1) is 17.4. The quantitative estimate of drug-likeness (QED) is 0.750. The Morgan fingerprint density at radius 1 is 1.05 bits per heavy atom. The summed E-state index contributed by atoms with van der Waals surface area (Å²) in [5, 5.41) is 0. The second-order valence-electron chi connectivity index (χ2n) is 7.72. The van der Waals surface area contributed by atoms with Crippen LogP contribution in [0.4, 0.5) is 0 Å². The van der Waals surface area contributed by atoms with Gasteiger partial charge in [0.2, 0.25) is 5.91 Å². The van der Waals surface area contributed by atoms with E-state index in [1.54, 1.807) is 14.0 Å². The summed E-state index contributed by atoms with van der Waals surface area (Å²) < 4.78 is 5.33. The zero-order chi connectivity index (χ0) is 15.4. The molecule has 0 bridgehead atoms. The molecule has 0 aromatic carbocycles. The largest absolute Gasteiger partial charge is 0.384 e. The van der Waals surface area contributed by atoms with Gasteiger partial charge in [-0.1, -0.05) is 27.7 Å². The number of carbonyl (C=O) groups is 1. The Hall–Kier alpha value is -0.610. The van der Waals surface area contributed by atoms with Crippen molar-refractivity contribution in [1.82, 2.24) is 9.80 Å². The van der Waals surface area contributed by atoms with Gasteiger partial charge in [-0.05, 0) is 17.3 Å². The smallest absolute Gasteiger partial charge is 0.219 e. The molecule has 0 atom stereocenters. The van der Waals surface area contributed by atoms with E-state index in [1.165, 1.54) is 0 Å². The van der Waals surface area contributed by atoms with Gasteiger partial charge >= 0.3 is 0 Å². The first-order valence-electron chi connectivity index (χ1n) is 7.62. The summed E-state index contributed by atoms with van der Waals surface area (Å²) in [6.45, 7) is 16.5. The topological polar surface area (TPSA) is 32.8 Å². The molecule has 4 nitrogen and oxygen atoms in total. The van der Waals surface area contributed by atoms with Gasteiger partial charge < -0.3 is 9.64 Å². The standard InChI is InChI=1S/C16H32N2O2/c1-14(19)18-9-7-17(8-10-18)12-15(2,3)11-16(4,5)13-20-6/h7-13H2,1-6H3. The zero-order valence-corrected chi connectivity index (χ0v) is 14.2. The lowest BCUT2D eigenvalue weighted by Crippen LogP contribution is -2.50. The fraction of sp³-hybridized carbons (Fsp3) is 0.938. The van der Waals surface area contributed by atoms with Gasteiger partial charge in [-0.25, -0.2) is 0 Å². The highest BCUT2D eigenvalue weighted by Crippen LogP contribution is 2.34. The van der Waals surface area contributed by atoms with Crippen molar-refractivity contribution >= 4 is 5.91 Å². The molecule has 1 rings (SSSR count). The molecule has 1 aliphatic heterocycles. The fourth-order valence-electron chi connectivity index (χ4n) is 3.62. The summed E-state index contributed by atoms with van der Waals surface area (Å²) in [5.74, 6) is 0.199. The van der Waals surface area contributed by atoms with Crippen LogP contribution in [-0.4, -0.2) is 62.1 Å². The monoisotopic (exact) mass is 284 g/mol. The van der Waals surface area contributed by atoms with Crippen LogP contribution >= 0.6 is 0 Å². The van der Waals surface area contributed by atoms with E-state index in [2.05, 4.69) is 32.6 Å². The Balaban J connectivity index is 2.45. The lowest BCUT2D eigenvalue weighted by molar-refractivity contribution is -0.130. The highest BCUT2D eigenvalue weighted by Gasteiger charge is 2.31. The number of piperazine rings is 1. The molecule has 0 aliphatic carbocycles. The maximum Gasteiger partial charge on any atom is 0.219 e. The van der Waals surface area contributed by atoms with Gasteiger partial charge in [0.05, 0.1) is 6.61 Å². The molecule has 0 spiro atoms. The van der Waals surface area contributed by atoms with E-state index in [-0.39, 0.29) is 16.7 Å². The molecule has 0 unspecified atom stereocenters. The summed E-state index contributed by atoms with van der Waals surface area (Å²) in [5.41, 5.74) is 0.472. The molecule has 1 aliphatic rings. The number of ether oxygens (including phenoxy) is 1. The van der Waals surface area contributed by atoms with Crippen LogP contribution in [0.3, 0.4) is 0 Å². The molecule has 0 aromatic rings. The van der Waals surface area contributed by atoms with Crippen LogP contribution in [0.15, 0.2) is 0 Å². The van der Waals surface area contributed by atoms with E-state index in [0.717, 1.165) is 45.8 Å². The van der Waals surface area contributed by atoms with E-state index in [1.807, 2.05) is 4.90 Å². The average Bonchev–Trinajstić information content (AvgIpc) is 2.26. The zero-order valence-electron chi connectivity index (χ0n) is 14.2. The molecule has 20 heavy (non-hydrogen) atoms. The normalized spacial score (nSPS) is 18.4. The predicted octanol–water partition coefficient (Wildman–Crippen LogP) is 2.24. The number of hydrogen-bond donors (Lipinski definition) is 0. The third kappa shape index (κ3) is 5.80. The minimum Gasteiger partial charge on any atom is -0.384 e. The number of methoxy groups -OCH3 is 1.